The summed E-state index contributed by atoms with van der Waals surface area (Å²) in [5.41, 5.74) is 2.04. The summed E-state index contributed by atoms with van der Waals surface area (Å²) in [5.74, 6) is 0.572. The first-order valence-corrected chi connectivity index (χ1v) is 4.06. The Balaban J connectivity index is 2.79. The quantitative estimate of drug-likeness (QED) is 0.685. The van der Waals surface area contributed by atoms with Crippen LogP contribution in [-0.4, -0.2) is 18.1 Å². The number of carbonyl (C=O) groups is 1. The second-order valence-electron chi connectivity index (χ2n) is 2.80. The number of anilines is 1. The standard InChI is InChI=1S/C9H13N3O/c1-6-4-5-8(11-7(6)2)12-9(13)10-3/h4-5H,1-3H3,(H2,10,11,12,13). The van der Waals surface area contributed by atoms with Crippen molar-refractivity contribution in [1.82, 2.24) is 10.3 Å². The molecule has 0 aliphatic carbocycles. The number of hydrogen-bond donors (Lipinski definition) is 2. The van der Waals surface area contributed by atoms with Crippen molar-refractivity contribution in [2.45, 2.75) is 13.8 Å². The van der Waals surface area contributed by atoms with E-state index in [1.807, 2.05) is 19.9 Å². The average molecular weight is 179 g/mol. The first-order chi connectivity index (χ1) is 6.13. The number of amides is 2. The molecule has 13 heavy (non-hydrogen) atoms. The van der Waals surface area contributed by atoms with Gasteiger partial charge in [0.15, 0.2) is 0 Å². The van der Waals surface area contributed by atoms with E-state index < -0.39 is 0 Å². The summed E-state index contributed by atoms with van der Waals surface area (Å²) in [5, 5.41) is 5.06. The Morgan fingerprint density at radius 3 is 2.62 bits per heavy atom. The number of hydrogen-bond acceptors (Lipinski definition) is 2. The predicted octanol–water partition coefficient (Wildman–Crippen LogP) is 1.45. The predicted molar refractivity (Wildman–Crippen MR) is 51.8 cm³/mol. The Morgan fingerprint density at radius 1 is 1.38 bits per heavy atom. The Morgan fingerprint density at radius 2 is 2.08 bits per heavy atom. The number of nitrogens with one attached hydrogen (secondary N) is 2. The zero-order valence-electron chi connectivity index (χ0n) is 8.01. The van der Waals surface area contributed by atoms with Crippen LogP contribution >= 0.6 is 0 Å². The van der Waals surface area contributed by atoms with Crippen molar-refractivity contribution >= 4 is 11.8 Å². The molecule has 4 nitrogen and oxygen atoms in total. The Bertz CT molecular complexity index is 323. The van der Waals surface area contributed by atoms with Gasteiger partial charge in [0, 0.05) is 12.7 Å². The second kappa shape index (κ2) is 3.89. The van der Waals surface area contributed by atoms with E-state index >= 15 is 0 Å². The molecule has 0 spiro atoms. The second-order valence-corrected chi connectivity index (χ2v) is 2.80. The highest BCUT2D eigenvalue weighted by Gasteiger charge is 2.00. The van der Waals surface area contributed by atoms with Crippen LogP contribution in [0.3, 0.4) is 0 Å². The minimum Gasteiger partial charge on any atom is -0.341 e. The molecule has 0 aliphatic rings. The number of carbonyl (C=O) groups excluding carboxylic acids is 1. The molecule has 0 aliphatic heterocycles. The fraction of sp³-hybridized carbons (Fsp3) is 0.333. The molecule has 0 saturated heterocycles. The lowest BCUT2D eigenvalue weighted by Crippen LogP contribution is -2.25. The molecule has 1 heterocycles. The fourth-order valence-corrected chi connectivity index (χ4v) is 0.879. The number of nitrogens with zero attached hydrogens (tertiary/aromatic N) is 1. The van der Waals surface area contributed by atoms with Gasteiger partial charge in [-0.1, -0.05) is 6.07 Å². The molecule has 0 aromatic carbocycles. The molecule has 0 atom stereocenters. The van der Waals surface area contributed by atoms with E-state index in [0.29, 0.717) is 5.82 Å². The lowest BCUT2D eigenvalue weighted by Gasteiger charge is -2.05. The lowest BCUT2D eigenvalue weighted by molar-refractivity contribution is 0.254. The van der Waals surface area contributed by atoms with E-state index in [1.54, 1.807) is 13.1 Å². The minimum absolute atomic E-state index is 0.254. The van der Waals surface area contributed by atoms with Gasteiger partial charge in [-0.25, -0.2) is 9.78 Å². The van der Waals surface area contributed by atoms with E-state index in [2.05, 4.69) is 15.6 Å². The lowest BCUT2D eigenvalue weighted by atomic mass is 10.2. The number of urea groups is 1. The van der Waals surface area contributed by atoms with Crippen LogP contribution in [-0.2, 0) is 0 Å². The summed E-state index contributed by atoms with van der Waals surface area (Å²) < 4.78 is 0. The van der Waals surface area contributed by atoms with Crippen LogP contribution in [0.2, 0.25) is 0 Å². The molecular weight excluding hydrogens is 166 g/mol. The molecule has 0 bridgehead atoms. The van der Waals surface area contributed by atoms with E-state index in [4.69, 9.17) is 0 Å². The fourth-order valence-electron chi connectivity index (χ4n) is 0.879. The van der Waals surface area contributed by atoms with Crippen molar-refractivity contribution in [3.63, 3.8) is 0 Å². The third-order valence-corrected chi connectivity index (χ3v) is 1.82. The first-order valence-electron chi connectivity index (χ1n) is 4.06. The largest absolute Gasteiger partial charge is 0.341 e. The zero-order chi connectivity index (χ0) is 9.84. The van der Waals surface area contributed by atoms with Crippen molar-refractivity contribution in [2.24, 2.45) is 0 Å². The summed E-state index contributed by atoms with van der Waals surface area (Å²) >= 11 is 0. The van der Waals surface area contributed by atoms with Crippen molar-refractivity contribution in [3.05, 3.63) is 23.4 Å². The van der Waals surface area contributed by atoms with E-state index in [-0.39, 0.29) is 6.03 Å². The van der Waals surface area contributed by atoms with Crippen molar-refractivity contribution < 1.29 is 4.79 Å². The monoisotopic (exact) mass is 179 g/mol. The maximum atomic E-state index is 10.9. The number of aryl methyl sites for hydroxylation is 2. The molecule has 1 aromatic heterocycles. The van der Waals surface area contributed by atoms with Crippen LogP contribution in [0.1, 0.15) is 11.3 Å². The molecule has 70 valence electrons. The molecule has 0 radical (unpaired) electrons. The van der Waals surface area contributed by atoms with Gasteiger partial charge in [0.1, 0.15) is 5.82 Å². The summed E-state index contributed by atoms with van der Waals surface area (Å²) in [4.78, 5) is 15.1. The maximum absolute atomic E-state index is 10.9. The highest BCUT2D eigenvalue weighted by atomic mass is 16.2. The van der Waals surface area contributed by atoms with Crippen LogP contribution < -0.4 is 10.6 Å². The topological polar surface area (TPSA) is 54.0 Å². The van der Waals surface area contributed by atoms with E-state index in [1.165, 1.54) is 0 Å². The summed E-state index contributed by atoms with van der Waals surface area (Å²) in [6, 6.07) is 3.45. The van der Waals surface area contributed by atoms with Gasteiger partial charge in [-0.05, 0) is 25.5 Å². The Labute approximate surface area is 77.4 Å². The molecule has 2 N–H and O–H groups in total. The molecule has 2 amide bonds. The van der Waals surface area contributed by atoms with Crippen LogP contribution in [0.5, 0.6) is 0 Å². The third-order valence-electron chi connectivity index (χ3n) is 1.82. The number of pyridine rings is 1. The number of aromatic nitrogens is 1. The van der Waals surface area contributed by atoms with Crippen molar-refractivity contribution in [2.75, 3.05) is 12.4 Å². The Hall–Kier alpha value is -1.58. The molecule has 0 fully saturated rings. The van der Waals surface area contributed by atoms with Gasteiger partial charge < -0.3 is 5.32 Å². The summed E-state index contributed by atoms with van der Waals surface area (Å²) in [7, 11) is 1.57. The molecule has 4 heteroatoms. The first kappa shape index (κ1) is 9.51. The van der Waals surface area contributed by atoms with Gasteiger partial charge in [0.25, 0.3) is 0 Å². The molecule has 1 rings (SSSR count). The van der Waals surface area contributed by atoms with Gasteiger partial charge in [0.2, 0.25) is 0 Å². The molecular formula is C9H13N3O. The third kappa shape index (κ3) is 2.43. The maximum Gasteiger partial charge on any atom is 0.320 e. The van der Waals surface area contributed by atoms with Crippen molar-refractivity contribution in [1.29, 1.82) is 0 Å². The highest BCUT2D eigenvalue weighted by molar-refractivity contribution is 5.87. The highest BCUT2D eigenvalue weighted by Crippen LogP contribution is 2.08. The van der Waals surface area contributed by atoms with Crippen LogP contribution in [0.15, 0.2) is 12.1 Å². The van der Waals surface area contributed by atoms with Gasteiger partial charge in [-0.2, -0.15) is 0 Å². The van der Waals surface area contributed by atoms with Crippen LogP contribution in [0, 0.1) is 13.8 Å². The van der Waals surface area contributed by atoms with Crippen LogP contribution in [0.4, 0.5) is 10.6 Å². The van der Waals surface area contributed by atoms with E-state index in [0.717, 1.165) is 11.3 Å². The SMILES string of the molecule is CNC(=O)Nc1ccc(C)c(C)n1. The zero-order valence-corrected chi connectivity index (χ0v) is 8.01. The van der Waals surface area contributed by atoms with Gasteiger partial charge >= 0.3 is 6.03 Å². The smallest absolute Gasteiger partial charge is 0.320 e. The summed E-state index contributed by atoms with van der Waals surface area (Å²) in [6.07, 6.45) is 0. The average Bonchev–Trinajstić information content (AvgIpc) is 2.11. The van der Waals surface area contributed by atoms with Crippen molar-refractivity contribution in [3.8, 4) is 0 Å². The van der Waals surface area contributed by atoms with Gasteiger partial charge in [-0.3, -0.25) is 5.32 Å². The van der Waals surface area contributed by atoms with Gasteiger partial charge in [-0.15, -0.1) is 0 Å². The normalized spacial score (nSPS) is 9.46. The summed E-state index contributed by atoms with van der Waals surface area (Å²) in [6.45, 7) is 3.89. The van der Waals surface area contributed by atoms with Crippen LogP contribution in [0.25, 0.3) is 0 Å². The van der Waals surface area contributed by atoms with E-state index in [9.17, 15) is 4.79 Å². The Kier molecular flexibility index (Phi) is 2.84. The molecule has 1 aromatic rings. The van der Waals surface area contributed by atoms with Gasteiger partial charge in [0.05, 0.1) is 0 Å². The molecule has 0 saturated carbocycles. The molecule has 0 unspecified atom stereocenters. The minimum atomic E-state index is -0.254. The number of rotatable bonds is 1.